The van der Waals surface area contributed by atoms with Gasteiger partial charge in [0.15, 0.2) is 0 Å². The number of esters is 2. The Morgan fingerprint density at radius 3 is 2.38 bits per heavy atom. The Kier molecular flexibility index (Phi) is 19.8. The number of aliphatic hydroxyl groups excluding tert-OH is 1. The number of methoxy groups -OCH3 is 2. The first-order chi connectivity index (χ1) is 15.5. The van der Waals surface area contributed by atoms with Gasteiger partial charge in [-0.25, -0.2) is 0 Å². The van der Waals surface area contributed by atoms with Crippen molar-refractivity contribution in [2.24, 2.45) is 5.73 Å². The summed E-state index contributed by atoms with van der Waals surface area (Å²) in [6.45, 7) is 2.19. The summed E-state index contributed by atoms with van der Waals surface area (Å²) in [6.07, 6.45) is 22.1. The molecule has 0 saturated heterocycles. The van der Waals surface area contributed by atoms with Gasteiger partial charge in [0.25, 0.3) is 0 Å². The number of aliphatic hydroxyl groups is 1. The minimum absolute atomic E-state index is 0.142. The molecule has 182 valence electrons. The Morgan fingerprint density at radius 2 is 1.72 bits per heavy atom. The molecule has 0 aromatic rings. The maximum absolute atomic E-state index is 11.5. The number of allylic oxidation sites excluding steroid dienone is 8. The van der Waals surface area contributed by atoms with Crippen LogP contribution in [0.25, 0.3) is 0 Å². The fourth-order valence-electron chi connectivity index (χ4n) is 2.72. The van der Waals surface area contributed by atoms with E-state index >= 15 is 0 Å². The molecule has 3 atom stereocenters. The minimum atomic E-state index is -0.736. The van der Waals surface area contributed by atoms with E-state index in [1.165, 1.54) is 38.8 Å². The van der Waals surface area contributed by atoms with Gasteiger partial charge in [-0.15, -0.1) is 0 Å². The van der Waals surface area contributed by atoms with Crippen molar-refractivity contribution in [2.45, 2.75) is 75.7 Å². The van der Waals surface area contributed by atoms with Crippen molar-refractivity contribution in [3.05, 3.63) is 48.6 Å². The van der Waals surface area contributed by atoms with Crippen LogP contribution in [0.2, 0.25) is 0 Å². The third-order valence-electron chi connectivity index (χ3n) is 4.67. The highest BCUT2D eigenvalue weighted by molar-refractivity contribution is 8.00. The Morgan fingerprint density at radius 1 is 1.00 bits per heavy atom. The number of hydrogen-bond donors (Lipinski definition) is 2. The van der Waals surface area contributed by atoms with E-state index in [4.69, 9.17) is 5.73 Å². The topological polar surface area (TPSA) is 98.9 Å². The van der Waals surface area contributed by atoms with Crippen LogP contribution < -0.4 is 5.73 Å². The minimum Gasteiger partial charge on any atom is -0.469 e. The van der Waals surface area contributed by atoms with E-state index < -0.39 is 18.1 Å². The van der Waals surface area contributed by atoms with Crippen molar-refractivity contribution in [3.8, 4) is 0 Å². The molecule has 0 radical (unpaired) electrons. The SMILES string of the molecule is CCCCC=CCC=CC=CC=CCC(SC[C@H](N)C(=O)OC)C(O)CCCC(=O)OC. The Bertz CT molecular complexity index is 615. The maximum Gasteiger partial charge on any atom is 0.323 e. The lowest BCUT2D eigenvalue weighted by Crippen LogP contribution is -2.35. The largest absolute Gasteiger partial charge is 0.469 e. The summed E-state index contributed by atoms with van der Waals surface area (Å²) in [5.41, 5.74) is 5.82. The monoisotopic (exact) mass is 467 g/mol. The van der Waals surface area contributed by atoms with Crippen LogP contribution in [0.3, 0.4) is 0 Å². The smallest absolute Gasteiger partial charge is 0.323 e. The van der Waals surface area contributed by atoms with E-state index in [0.717, 1.165) is 12.8 Å². The van der Waals surface area contributed by atoms with Crippen LogP contribution in [-0.4, -0.2) is 54.4 Å². The normalized spacial score (nSPS) is 15.0. The lowest BCUT2D eigenvalue weighted by Gasteiger charge is -2.22. The summed E-state index contributed by atoms with van der Waals surface area (Å²) in [7, 11) is 2.65. The Hall–Kier alpha value is -1.83. The van der Waals surface area contributed by atoms with Gasteiger partial charge in [-0.3, -0.25) is 9.59 Å². The molecule has 2 unspecified atom stereocenters. The summed E-state index contributed by atoms with van der Waals surface area (Å²) in [6, 6.07) is -0.736. The van der Waals surface area contributed by atoms with Gasteiger partial charge in [-0.1, -0.05) is 68.4 Å². The predicted molar refractivity (Wildman–Crippen MR) is 133 cm³/mol. The lowest BCUT2D eigenvalue weighted by molar-refractivity contribution is -0.142. The van der Waals surface area contributed by atoms with Crippen LogP contribution in [-0.2, 0) is 19.1 Å². The summed E-state index contributed by atoms with van der Waals surface area (Å²) >= 11 is 1.44. The third-order valence-corrected chi connectivity index (χ3v) is 6.15. The van der Waals surface area contributed by atoms with Crippen LogP contribution in [0.5, 0.6) is 0 Å². The van der Waals surface area contributed by atoms with Crippen molar-refractivity contribution in [1.29, 1.82) is 0 Å². The predicted octanol–water partition coefficient (Wildman–Crippen LogP) is 4.49. The van der Waals surface area contributed by atoms with Gasteiger partial charge in [-0.05, 0) is 32.1 Å². The molecule has 32 heavy (non-hydrogen) atoms. The van der Waals surface area contributed by atoms with Gasteiger partial charge in [0, 0.05) is 17.4 Å². The quantitative estimate of drug-likeness (QED) is 0.133. The highest BCUT2D eigenvalue weighted by Gasteiger charge is 2.22. The number of hydrogen-bond acceptors (Lipinski definition) is 7. The summed E-state index contributed by atoms with van der Waals surface area (Å²) in [5.74, 6) is -0.408. The molecule has 0 aromatic carbocycles. The fraction of sp³-hybridized carbons (Fsp3) is 0.600. The van der Waals surface area contributed by atoms with Gasteiger partial charge >= 0.3 is 11.9 Å². The first-order valence-corrected chi connectivity index (χ1v) is 12.3. The second-order valence-corrected chi connectivity index (χ2v) is 8.64. The standard InChI is InChI=1S/C25H41NO5S/c1-4-5-6-7-8-9-10-11-12-13-14-15-18-23(32-20-21(26)25(29)31-3)22(27)17-16-19-24(28)30-2/h7-8,10-15,21-23,27H,4-6,9,16-20,26H2,1-3H3/t21-,22?,23?/m0/s1. The van der Waals surface area contributed by atoms with E-state index in [-0.39, 0.29) is 17.6 Å². The molecule has 0 rings (SSSR count). The molecular formula is C25H41NO5S. The van der Waals surface area contributed by atoms with E-state index in [9.17, 15) is 14.7 Å². The van der Waals surface area contributed by atoms with Crippen molar-refractivity contribution in [1.82, 2.24) is 0 Å². The molecule has 3 N–H and O–H groups in total. The third kappa shape index (κ3) is 16.8. The first kappa shape index (κ1) is 30.2. The van der Waals surface area contributed by atoms with Crippen molar-refractivity contribution in [3.63, 3.8) is 0 Å². The Labute approximate surface area is 198 Å². The molecule has 0 aliphatic carbocycles. The molecule has 0 saturated carbocycles. The van der Waals surface area contributed by atoms with Gasteiger partial charge < -0.3 is 20.3 Å². The molecule has 7 heteroatoms. The molecule has 0 aliphatic rings. The molecule has 0 spiro atoms. The number of unbranched alkanes of at least 4 members (excludes halogenated alkanes) is 2. The molecule has 0 aliphatic heterocycles. The summed E-state index contributed by atoms with van der Waals surface area (Å²) in [5, 5.41) is 10.4. The first-order valence-electron chi connectivity index (χ1n) is 11.3. The van der Waals surface area contributed by atoms with Gasteiger partial charge in [0.1, 0.15) is 6.04 Å². The number of nitrogens with two attached hydrogens (primary N) is 1. The van der Waals surface area contributed by atoms with Crippen LogP contribution in [0.15, 0.2) is 48.6 Å². The fourth-order valence-corrected chi connectivity index (χ4v) is 3.91. The molecular weight excluding hydrogens is 426 g/mol. The van der Waals surface area contributed by atoms with Crippen molar-refractivity contribution < 1.29 is 24.2 Å². The average molecular weight is 468 g/mol. The zero-order valence-corrected chi connectivity index (χ0v) is 20.6. The zero-order chi connectivity index (χ0) is 24.0. The zero-order valence-electron chi connectivity index (χ0n) is 19.8. The van der Waals surface area contributed by atoms with E-state index in [1.807, 2.05) is 30.4 Å². The number of thioether (sulfide) groups is 1. The molecule has 0 fully saturated rings. The molecule has 0 heterocycles. The highest BCUT2D eigenvalue weighted by atomic mass is 32.2. The average Bonchev–Trinajstić information content (AvgIpc) is 2.80. The van der Waals surface area contributed by atoms with Crippen LogP contribution in [0.4, 0.5) is 0 Å². The lowest BCUT2D eigenvalue weighted by atomic mass is 10.1. The maximum atomic E-state index is 11.5. The van der Waals surface area contributed by atoms with Gasteiger partial charge in [-0.2, -0.15) is 11.8 Å². The second kappa shape index (κ2) is 21.0. The van der Waals surface area contributed by atoms with Gasteiger partial charge in [0.2, 0.25) is 0 Å². The van der Waals surface area contributed by atoms with Crippen LogP contribution in [0.1, 0.15) is 58.3 Å². The number of rotatable bonds is 18. The van der Waals surface area contributed by atoms with Crippen molar-refractivity contribution >= 4 is 23.7 Å². The van der Waals surface area contributed by atoms with Gasteiger partial charge in [0.05, 0.1) is 20.3 Å². The van der Waals surface area contributed by atoms with Crippen LogP contribution >= 0.6 is 11.8 Å². The van der Waals surface area contributed by atoms with Crippen LogP contribution in [0, 0.1) is 0 Å². The van der Waals surface area contributed by atoms with E-state index in [1.54, 1.807) is 0 Å². The molecule has 0 aromatic heterocycles. The summed E-state index contributed by atoms with van der Waals surface area (Å²) in [4.78, 5) is 22.8. The molecule has 0 bridgehead atoms. The molecule has 0 amide bonds. The Balaban J connectivity index is 4.57. The summed E-state index contributed by atoms with van der Waals surface area (Å²) < 4.78 is 9.30. The second-order valence-electron chi connectivity index (χ2n) is 7.36. The molecule has 6 nitrogen and oxygen atoms in total. The van der Waals surface area contributed by atoms with E-state index in [2.05, 4.69) is 34.6 Å². The number of carbonyl (C=O) groups is 2. The van der Waals surface area contributed by atoms with Crippen molar-refractivity contribution in [2.75, 3.05) is 20.0 Å². The highest BCUT2D eigenvalue weighted by Crippen LogP contribution is 2.23. The van der Waals surface area contributed by atoms with E-state index in [0.29, 0.717) is 25.0 Å². The number of carbonyl (C=O) groups excluding carboxylic acids is 2. The number of ether oxygens (including phenoxy) is 2.